The van der Waals surface area contributed by atoms with E-state index in [4.69, 9.17) is 9.47 Å². The molecule has 1 N–H and O–H groups in total. The Labute approximate surface area is 195 Å². The quantitative estimate of drug-likeness (QED) is 0.645. The molecule has 2 aromatic carbocycles. The first kappa shape index (κ1) is 23.7. The molecule has 0 unspecified atom stereocenters. The summed E-state index contributed by atoms with van der Waals surface area (Å²) in [5.74, 6) is -1.99. The number of nitrogens with zero attached hydrogens (tertiary/aromatic N) is 1. The summed E-state index contributed by atoms with van der Waals surface area (Å²) < 4.78 is 52.7. The predicted octanol–water partition coefficient (Wildman–Crippen LogP) is 5.41. The number of benzene rings is 2. The highest BCUT2D eigenvalue weighted by molar-refractivity contribution is 6.07. The maximum absolute atomic E-state index is 14.0. The van der Waals surface area contributed by atoms with E-state index in [2.05, 4.69) is 5.32 Å². The minimum atomic E-state index is -5.18. The first-order chi connectivity index (χ1) is 16.0. The smallest absolute Gasteiger partial charge is 0.471 e. The van der Waals surface area contributed by atoms with Gasteiger partial charge in [0, 0.05) is 23.3 Å². The van der Waals surface area contributed by atoms with Gasteiger partial charge in [0.2, 0.25) is 0 Å². The fourth-order valence-electron chi connectivity index (χ4n) is 4.77. The Bertz CT molecular complexity index is 1190. The van der Waals surface area contributed by atoms with Crippen LogP contribution in [0.2, 0.25) is 0 Å². The van der Waals surface area contributed by atoms with Gasteiger partial charge < -0.3 is 14.8 Å². The lowest BCUT2D eigenvalue weighted by molar-refractivity contribution is -0.170. The lowest BCUT2D eigenvalue weighted by atomic mass is 9.73. The van der Waals surface area contributed by atoms with Crippen molar-refractivity contribution in [3.8, 4) is 11.5 Å². The highest BCUT2D eigenvalue weighted by atomic mass is 19.4. The van der Waals surface area contributed by atoms with Gasteiger partial charge in [0.05, 0.1) is 31.6 Å². The number of nitrogens with one attached hydrogen (secondary N) is 1. The van der Waals surface area contributed by atoms with Gasteiger partial charge in [-0.2, -0.15) is 13.2 Å². The van der Waals surface area contributed by atoms with Crippen molar-refractivity contribution in [2.24, 2.45) is 5.41 Å². The van der Waals surface area contributed by atoms with Crippen LogP contribution in [-0.4, -0.2) is 32.1 Å². The first-order valence-electron chi connectivity index (χ1n) is 10.7. The average molecular weight is 474 g/mol. The van der Waals surface area contributed by atoms with Crippen molar-refractivity contribution in [2.75, 3.05) is 24.4 Å². The molecule has 0 aromatic heterocycles. The molecule has 9 heteroatoms. The molecular formula is C25H25F3N2O4. The summed E-state index contributed by atoms with van der Waals surface area (Å²) >= 11 is 0. The average Bonchev–Trinajstić information content (AvgIpc) is 2.90. The van der Waals surface area contributed by atoms with E-state index in [1.165, 1.54) is 20.3 Å². The highest BCUT2D eigenvalue weighted by Gasteiger charge is 2.51. The number of Topliss-reactive ketones (excluding diaryl/α,β-unsaturated/α-hetero) is 1. The number of ketones is 1. The molecule has 180 valence electrons. The molecule has 4 rings (SSSR count). The number of carbonyl (C=O) groups is 2. The van der Waals surface area contributed by atoms with Gasteiger partial charge in [-0.25, -0.2) is 0 Å². The Hall–Kier alpha value is -3.49. The van der Waals surface area contributed by atoms with Gasteiger partial charge >= 0.3 is 12.1 Å². The minimum Gasteiger partial charge on any atom is -0.493 e. The number of carbonyl (C=O) groups excluding carboxylic acids is 2. The summed E-state index contributed by atoms with van der Waals surface area (Å²) in [6, 6.07) is 9.59. The molecule has 6 nitrogen and oxygen atoms in total. The van der Waals surface area contributed by atoms with Crippen LogP contribution >= 0.6 is 0 Å². The molecule has 1 amide bonds. The SMILES string of the molecule is COc1cccc([C@H]2C3=C(CC(C)(C)CC3=O)Nc3ccccc3N2C(=O)C(F)(F)F)c1OC. The third-order valence-electron chi connectivity index (χ3n) is 6.09. The van der Waals surface area contributed by atoms with Crippen LogP contribution in [0.4, 0.5) is 24.5 Å². The monoisotopic (exact) mass is 474 g/mol. The van der Waals surface area contributed by atoms with E-state index in [1.54, 1.807) is 36.4 Å². The predicted molar refractivity (Wildman–Crippen MR) is 121 cm³/mol. The van der Waals surface area contributed by atoms with Gasteiger partial charge in [-0.05, 0) is 30.0 Å². The van der Waals surface area contributed by atoms with E-state index < -0.39 is 23.5 Å². The van der Waals surface area contributed by atoms with E-state index in [9.17, 15) is 22.8 Å². The molecule has 2 aromatic rings. The van der Waals surface area contributed by atoms with E-state index >= 15 is 0 Å². The van der Waals surface area contributed by atoms with E-state index in [0.29, 0.717) is 22.7 Å². The van der Waals surface area contributed by atoms with E-state index in [-0.39, 0.29) is 40.5 Å². The molecule has 1 aliphatic heterocycles. The molecule has 1 aliphatic carbocycles. The number of fused-ring (bicyclic) bond motifs is 1. The number of amides is 1. The number of ether oxygens (including phenoxy) is 2. The van der Waals surface area contributed by atoms with Crippen molar-refractivity contribution in [1.29, 1.82) is 0 Å². The third kappa shape index (κ3) is 3.99. The summed E-state index contributed by atoms with van der Waals surface area (Å²) in [6.07, 6.45) is -4.64. The zero-order chi connectivity index (χ0) is 24.8. The lowest BCUT2D eigenvalue weighted by Crippen LogP contribution is -2.45. The van der Waals surface area contributed by atoms with Crippen molar-refractivity contribution in [2.45, 2.75) is 38.9 Å². The molecule has 0 saturated heterocycles. The van der Waals surface area contributed by atoms with Crippen molar-refractivity contribution in [3.05, 3.63) is 59.3 Å². The summed E-state index contributed by atoms with van der Waals surface area (Å²) in [7, 11) is 2.77. The number of para-hydroxylation sites is 3. The van der Waals surface area contributed by atoms with Gasteiger partial charge in [0.1, 0.15) is 0 Å². The maximum atomic E-state index is 14.0. The number of hydrogen-bond donors (Lipinski definition) is 1. The van der Waals surface area contributed by atoms with Gasteiger partial charge in [0.25, 0.3) is 0 Å². The topological polar surface area (TPSA) is 67.9 Å². The Morgan fingerprint density at radius 2 is 1.76 bits per heavy atom. The van der Waals surface area contributed by atoms with Gasteiger partial charge in [0.15, 0.2) is 17.3 Å². The summed E-state index contributed by atoms with van der Waals surface area (Å²) in [4.78, 5) is 27.1. The molecule has 0 fully saturated rings. The number of halogens is 3. The molecular weight excluding hydrogens is 449 g/mol. The van der Waals surface area contributed by atoms with Gasteiger partial charge in [-0.1, -0.05) is 38.1 Å². The summed E-state index contributed by atoms with van der Waals surface area (Å²) in [5.41, 5.74) is 0.728. The van der Waals surface area contributed by atoms with Crippen LogP contribution in [0.15, 0.2) is 53.7 Å². The Balaban J connectivity index is 2.10. The van der Waals surface area contributed by atoms with Crippen LogP contribution < -0.4 is 19.7 Å². The van der Waals surface area contributed by atoms with E-state index in [1.807, 2.05) is 13.8 Å². The fraction of sp³-hybridized carbons (Fsp3) is 0.360. The second-order valence-electron chi connectivity index (χ2n) is 9.13. The molecule has 1 heterocycles. The molecule has 0 spiro atoms. The van der Waals surface area contributed by atoms with Crippen molar-refractivity contribution in [3.63, 3.8) is 0 Å². The van der Waals surface area contributed by atoms with Crippen LogP contribution in [0.1, 0.15) is 38.3 Å². The number of allylic oxidation sites excluding steroid dienone is 1. The zero-order valence-corrected chi connectivity index (χ0v) is 19.2. The number of methoxy groups -OCH3 is 2. The molecule has 0 bridgehead atoms. The standard InChI is InChI=1S/C25H25F3N2O4/c1-24(2)12-16-20(18(31)13-24)21(14-8-7-11-19(33-3)22(14)34-4)30(23(32)25(26,27)28)17-10-6-5-9-15(17)29-16/h5-11,21,29H,12-13H2,1-4H3/t21-/m0/s1. The maximum Gasteiger partial charge on any atom is 0.471 e. The van der Waals surface area contributed by atoms with E-state index in [0.717, 1.165) is 0 Å². The second kappa shape index (κ2) is 8.38. The van der Waals surface area contributed by atoms with Crippen LogP contribution in [0.5, 0.6) is 11.5 Å². The van der Waals surface area contributed by atoms with Crippen molar-refractivity contribution < 1.29 is 32.2 Å². The first-order valence-corrected chi connectivity index (χ1v) is 10.7. The minimum absolute atomic E-state index is 0.0136. The molecule has 34 heavy (non-hydrogen) atoms. The number of hydrogen-bond acceptors (Lipinski definition) is 5. The number of anilines is 2. The molecule has 0 radical (unpaired) electrons. The van der Waals surface area contributed by atoms with Crippen LogP contribution in [0.3, 0.4) is 0 Å². The van der Waals surface area contributed by atoms with Gasteiger partial charge in [-0.3, -0.25) is 14.5 Å². The van der Waals surface area contributed by atoms with Crippen molar-refractivity contribution >= 4 is 23.1 Å². The summed E-state index contributed by atoms with van der Waals surface area (Å²) in [6.45, 7) is 3.85. The summed E-state index contributed by atoms with van der Waals surface area (Å²) in [5, 5.41) is 3.18. The number of rotatable bonds is 3. The normalized spacial score (nSPS) is 19.6. The van der Waals surface area contributed by atoms with Crippen LogP contribution in [0.25, 0.3) is 0 Å². The van der Waals surface area contributed by atoms with Gasteiger partial charge in [-0.15, -0.1) is 0 Å². The largest absolute Gasteiger partial charge is 0.493 e. The zero-order valence-electron chi connectivity index (χ0n) is 19.2. The van der Waals surface area contributed by atoms with Crippen LogP contribution in [0, 0.1) is 5.41 Å². The Morgan fingerprint density at radius 1 is 1.06 bits per heavy atom. The van der Waals surface area contributed by atoms with Crippen molar-refractivity contribution in [1.82, 2.24) is 0 Å². The molecule has 0 saturated carbocycles. The number of alkyl halides is 3. The third-order valence-corrected chi connectivity index (χ3v) is 6.09. The Kier molecular flexibility index (Phi) is 5.83. The molecule has 2 aliphatic rings. The van der Waals surface area contributed by atoms with Crippen LogP contribution in [-0.2, 0) is 9.59 Å². The lowest BCUT2D eigenvalue weighted by Gasteiger charge is -2.37. The Morgan fingerprint density at radius 3 is 2.41 bits per heavy atom. The highest BCUT2D eigenvalue weighted by Crippen LogP contribution is 2.51. The molecule has 1 atom stereocenters. The fourth-order valence-corrected chi connectivity index (χ4v) is 4.77. The second-order valence-corrected chi connectivity index (χ2v) is 9.13.